The summed E-state index contributed by atoms with van der Waals surface area (Å²) in [4.78, 5) is 43.1. The molecule has 1 aromatic carbocycles. The summed E-state index contributed by atoms with van der Waals surface area (Å²) in [5.74, 6) is -8.03. The lowest BCUT2D eigenvalue weighted by Crippen LogP contribution is -2.38. The van der Waals surface area contributed by atoms with Crippen molar-refractivity contribution in [2.24, 2.45) is 0 Å². The Balaban J connectivity index is 1.85. The molecule has 112 valence electrons. The van der Waals surface area contributed by atoms with E-state index in [1.54, 1.807) is 0 Å². The fourth-order valence-electron chi connectivity index (χ4n) is 1.86. The highest BCUT2D eigenvalue weighted by molar-refractivity contribution is 7.09. The first kappa shape index (κ1) is 14.3. The highest BCUT2D eigenvalue weighted by atomic mass is 32.1. The molecule has 0 aliphatic carbocycles. The van der Waals surface area contributed by atoms with E-state index < -0.39 is 28.7 Å². The summed E-state index contributed by atoms with van der Waals surface area (Å²) in [5, 5.41) is 0.515. The summed E-state index contributed by atoms with van der Waals surface area (Å²) in [6.07, 6.45) is 1.10. The van der Waals surface area contributed by atoms with Crippen LogP contribution in [0.3, 0.4) is 0 Å². The van der Waals surface area contributed by atoms with E-state index in [2.05, 4.69) is 9.82 Å². The topological polar surface area (TPSA) is 76.6 Å². The van der Waals surface area contributed by atoms with Crippen LogP contribution in [-0.4, -0.2) is 27.8 Å². The van der Waals surface area contributed by atoms with E-state index in [1.165, 1.54) is 29.6 Å². The van der Waals surface area contributed by atoms with Crippen LogP contribution in [0.2, 0.25) is 0 Å². The average Bonchev–Trinajstić information content (AvgIpc) is 3.12. The van der Waals surface area contributed by atoms with Gasteiger partial charge in [0, 0.05) is 11.6 Å². The van der Waals surface area contributed by atoms with Gasteiger partial charge >= 0.3 is 11.9 Å². The van der Waals surface area contributed by atoms with Crippen LogP contribution in [0, 0.1) is 0 Å². The van der Waals surface area contributed by atoms with E-state index in [0.717, 1.165) is 6.20 Å². The molecule has 0 saturated carbocycles. The zero-order valence-electron chi connectivity index (χ0n) is 10.7. The van der Waals surface area contributed by atoms with E-state index in [0.29, 0.717) is 11.3 Å². The van der Waals surface area contributed by atoms with Crippen molar-refractivity contribution in [1.82, 2.24) is 10.0 Å². The number of benzene rings is 1. The number of thiazole rings is 1. The lowest BCUT2D eigenvalue weighted by molar-refractivity contribution is -0.198. The van der Waals surface area contributed by atoms with Crippen molar-refractivity contribution < 1.29 is 28.0 Å². The van der Waals surface area contributed by atoms with Crippen LogP contribution in [-0.2, 0) is 15.6 Å². The van der Waals surface area contributed by atoms with Crippen molar-refractivity contribution in [1.29, 1.82) is 0 Å². The minimum atomic E-state index is -4.05. The van der Waals surface area contributed by atoms with Crippen LogP contribution < -0.4 is 0 Å². The Morgan fingerprint density at radius 3 is 2.27 bits per heavy atom. The molecule has 0 radical (unpaired) electrons. The number of imide groups is 1. The minimum Gasteiger partial charge on any atom is -0.323 e. The van der Waals surface area contributed by atoms with Crippen molar-refractivity contribution in [3.05, 3.63) is 52.0 Å². The Labute approximate surface area is 125 Å². The van der Waals surface area contributed by atoms with Gasteiger partial charge in [0.05, 0.1) is 11.1 Å². The number of alkyl halides is 2. The van der Waals surface area contributed by atoms with Gasteiger partial charge in [-0.1, -0.05) is 17.2 Å². The Bertz CT molecular complexity index is 741. The number of rotatable bonds is 3. The molecule has 6 nitrogen and oxygen atoms in total. The highest BCUT2D eigenvalue weighted by Gasteiger charge is 2.49. The molecule has 0 unspecified atom stereocenters. The molecular formula is C13H6F2N2O4S. The van der Waals surface area contributed by atoms with E-state index in [-0.39, 0.29) is 16.2 Å². The second-order valence-electron chi connectivity index (χ2n) is 4.24. The average molecular weight is 324 g/mol. The standard InChI is InChI=1S/C13H6F2N2O4S/c14-13(15,11-16-5-6-22-11)12(20)21-17-9(18)7-3-1-2-4-8(7)10(17)19/h1-6H. The SMILES string of the molecule is O=C1c2ccccc2C(=O)N1OC(=O)C(F)(F)c1nccs1. The van der Waals surface area contributed by atoms with Crippen LogP contribution in [0.5, 0.6) is 0 Å². The van der Waals surface area contributed by atoms with Gasteiger partial charge in [0.25, 0.3) is 11.8 Å². The number of carbonyl (C=O) groups excluding carboxylic acids is 3. The predicted octanol–water partition coefficient (Wildman–Crippen LogP) is 1.99. The molecular weight excluding hydrogens is 318 g/mol. The summed E-state index contributed by atoms with van der Waals surface area (Å²) in [7, 11) is 0. The van der Waals surface area contributed by atoms with Crippen LogP contribution in [0.4, 0.5) is 8.78 Å². The Morgan fingerprint density at radius 1 is 1.18 bits per heavy atom. The molecule has 2 aromatic rings. The Hall–Kier alpha value is -2.68. The first-order valence-corrected chi connectivity index (χ1v) is 6.79. The third-order valence-electron chi connectivity index (χ3n) is 2.89. The van der Waals surface area contributed by atoms with Crippen molar-refractivity contribution in [3.8, 4) is 0 Å². The molecule has 1 aliphatic rings. The van der Waals surface area contributed by atoms with E-state index >= 15 is 0 Å². The number of hydroxylamine groups is 2. The number of carbonyl (C=O) groups is 3. The summed E-state index contributed by atoms with van der Waals surface area (Å²) >= 11 is 0.555. The lowest BCUT2D eigenvalue weighted by Gasteiger charge is -2.16. The lowest BCUT2D eigenvalue weighted by atomic mass is 10.1. The zero-order chi connectivity index (χ0) is 15.9. The van der Waals surface area contributed by atoms with E-state index in [4.69, 9.17) is 0 Å². The zero-order valence-corrected chi connectivity index (χ0v) is 11.5. The number of nitrogens with zero attached hydrogens (tertiary/aromatic N) is 2. The molecule has 0 N–H and O–H groups in total. The maximum absolute atomic E-state index is 13.8. The van der Waals surface area contributed by atoms with Crippen LogP contribution in [0.25, 0.3) is 0 Å². The fourth-order valence-corrected chi connectivity index (χ4v) is 2.46. The van der Waals surface area contributed by atoms with Gasteiger partial charge in [0.15, 0.2) is 5.01 Å². The smallest absolute Gasteiger partial charge is 0.323 e. The number of halogens is 2. The summed E-state index contributed by atoms with van der Waals surface area (Å²) in [6.45, 7) is 0. The van der Waals surface area contributed by atoms with E-state index in [9.17, 15) is 23.2 Å². The third-order valence-corrected chi connectivity index (χ3v) is 3.73. The molecule has 22 heavy (non-hydrogen) atoms. The fraction of sp³-hybridized carbons (Fsp3) is 0.0769. The van der Waals surface area contributed by atoms with Crippen molar-refractivity contribution in [2.45, 2.75) is 5.92 Å². The number of aromatic nitrogens is 1. The highest BCUT2D eigenvalue weighted by Crippen LogP contribution is 2.32. The molecule has 0 atom stereocenters. The van der Waals surface area contributed by atoms with Gasteiger partial charge in [-0.15, -0.1) is 11.3 Å². The van der Waals surface area contributed by atoms with Crippen molar-refractivity contribution >= 4 is 29.1 Å². The van der Waals surface area contributed by atoms with Crippen LogP contribution in [0.1, 0.15) is 25.7 Å². The molecule has 0 fully saturated rings. The largest absolute Gasteiger partial charge is 0.410 e. The molecule has 0 saturated heterocycles. The van der Waals surface area contributed by atoms with Gasteiger partial charge in [-0.05, 0) is 12.1 Å². The number of amides is 2. The third kappa shape index (κ3) is 2.06. The molecule has 0 bridgehead atoms. The molecule has 3 rings (SSSR count). The Morgan fingerprint density at radius 2 is 1.77 bits per heavy atom. The molecule has 0 spiro atoms. The van der Waals surface area contributed by atoms with Crippen LogP contribution in [0.15, 0.2) is 35.8 Å². The maximum Gasteiger partial charge on any atom is 0.410 e. The molecule has 2 amide bonds. The second-order valence-corrected chi connectivity index (χ2v) is 5.14. The quantitative estimate of drug-likeness (QED) is 0.807. The number of hydrogen-bond acceptors (Lipinski definition) is 6. The summed E-state index contributed by atoms with van der Waals surface area (Å²) in [6, 6.07) is 5.67. The van der Waals surface area contributed by atoms with E-state index in [1.807, 2.05) is 0 Å². The first-order chi connectivity index (χ1) is 10.4. The number of fused-ring (bicyclic) bond motifs is 1. The minimum absolute atomic E-state index is 0.0159. The molecule has 2 heterocycles. The monoisotopic (exact) mass is 324 g/mol. The van der Waals surface area contributed by atoms with Gasteiger partial charge in [0.1, 0.15) is 0 Å². The summed E-state index contributed by atoms with van der Waals surface area (Å²) in [5.41, 5.74) is -0.0317. The number of hydrogen-bond donors (Lipinski definition) is 0. The molecule has 9 heteroatoms. The van der Waals surface area contributed by atoms with Gasteiger partial charge in [-0.25, -0.2) is 9.78 Å². The Kier molecular flexibility index (Phi) is 3.21. The predicted molar refractivity (Wildman–Crippen MR) is 69.0 cm³/mol. The molecule has 1 aromatic heterocycles. The van der Waals surface area contributed by atoms with Gasteiger partial charge in [-0.3, -0.25) is 9.59 Å². The van der Waals surface area contributed by atoms with Crippen LogP contribution >= 0.6 is 11.3 Å². The molecule has 1 aliphatic heterocycles. The van der Waals surface area contributed by atoms with Crippen molar-refractivity contribution in [2.75, 3.05) is 0 Å². The van der Waals surface area contributed by atoms with Gasteiger partial charge in [-0.2, -0.15) is 8.78 Å². The maximum atomic E-state index is 13.8. The second kappa shape index (κ2) is 4.95. The first-order valence-electron chi connectivity index (χ1n) is 5.91. The van der Waals surface area contributed by atoms with Gasteiger partial charge < -0.3 is 4.84 Å². The van der Waals surface area contributed by atoms with Gasteiger partial charge in [0.2, 0.25) is 0 Å². The summed E-state index contributed by atoms with van der Waals surface area (Å²) < 4.78 is 27.7. The normalized spacial score (nSPS) is 14.2. The van der Waals surface area contributed by atoms with Crippen molar-refractivity contribution in [3.63, 3.8) is 0 Å².